The third-order valence-corrected chi connectivity index (χ3v) is 7.29. The molecule has 0 radical (unpaired) electrons. The molecule has 1 atom stereocenters. The summed E-state index contributed by atoms with van der Waals surface area (Å²) in [5.74, 6) is -0.150. The monoisotopic (exact) mass is 415 g/mol. The van der Waals surface area contributed by atoms with Crippen LogP contribution in [0.25, 0.3) is 0 Å². The lowest BCUT2D eigenvalue weighted by molar-refractivity contribution is 0.0939. The number of hydrogen-bond donors (Lipinski definition) is 1. The number of rotatable bonds is 3. The van der Waals surface area contributed by atoms with E-state index >= 15 is 0 Å². The minimum Gasteiger partial charge on any atom is -0.346 e. The summed E-state index contributed by atoms with van der Waals surface area (Å²) in [5.41, 5.74) is 4.84. The molecule has 8 heteroatoms. The van der Waals surface area contributed by atoms with Gasteiger partial charge in [-0.1, -0.05) is 23.8 Å². The Morgan fingerprint density at radius 2 is 2.00 bits per heavy atom. The molecule has 2 aromatic rings. The van der Waals surface area contributed by atoms with Gasteiger partial charge in [0.05, 0.1) is 17.5 Å². The van der Waals surface area contributed by atoms with E-state index < -0.39 is 10.0 Å². The normalized spacial score (nSPS) is 18.1. The Hall–Kier alpha value is -2.32. The summed E-state index contributed by atoms with van der Waals surface area (Å²) >= 11 is 1.29. The van der Waals surface area contributed by atoms with E-state index in [2.05, 4.69) is 27.9 Å². The molecule has 1 N–H and O–H groups in total. The molecule has 0 fully saturated rings. The van der Waals surface area contributed by atoms with Gasteiger partial charge < -0.3 is 10.2 Å². The predicted molar refractivity (Wildman–Crippen MR) is 113 cm³/mol. The van der Waals surface area contributed by atoms with Crippen LogP contribution >= 0.6 is 11.8 Å². The van der Waals surface area contributed by atoms with Crippen molar-refractivity contribution in [2.24, 2.45) is 4.40 Å². The fourth-order valence-corrected chi connectivity index (χ4v) is 5.75. The van der Waals surface area contributed by atoms with Crippen molar-refractivity contribution in [3.05, 3.63) is 58.7 Å². The quantitative estimate of drug-likeness (QED) is 0.831. The van der Waals surface area contributed by atoms with E-state index in [1.165, 1.54) is 11.8 Å². The molecular formula is C20H21N3O3S2. The zero-order valence-electron chi connectivity index (χ0n) is 15.9. The zero-order chi connectivity index (χ0) is 20.1. The third kappa shape index (κ3) is 3.54. The van der Waals surface area contributed by atoms with Crippen molar-refractivity contribution < 1.29 is 13.2 Å². The minimum absolute atomic E-state index is 0.00605. The molecule has 1 amide bonds. The summed E-state index contributed by atoms with van der Waals surface area (Å²) in [4.78, 5) is 15.5. The molecular weight excluding hydrogens is 394 g/mol. The molecule has 2 heterocycles. The lowest BCUT2D eigenvalue weighted by Crippen LogP contribution is -2.35. The number of thioether (sulfide) groups is 1. The molecule has 0 saturated heterocycles. The standard InChI is InChI=1S/C20H21N3O3S2/c1-12-4-5-13(2)16(10-12)14(3)21-19(24)15-6-7-17-18(11-15)27-20-22-28(25,26)9-8-23(17)20/h4-7,10-11,14H,8-9H2,1-3H3,(H,21,24). The van der Waals surface area contributed by atoms with E-state index in [1.807, 2.05) is 31.7 Å². The highest BCUT2D eigenvalue weighted by Crippen LogP contribution is 2.42. The Morgan fingerprint density at radius 3 is 2.79 bits per heavy atom. The fourth-order valence-electron chi connectivity index (χ4n) is 3.46. The lowest BCUT2D eigenvalue weighted by Gasteiger charge is -2.22. The second-order valence-corrected chi connectivity index (χ2v) is 9.92. The van der Waals surface area contributed by atoms with Crippen molar-refractivity contribution in [2.75, 3.05) is 17.2 Å². The van der Waals surface area contributed by atoms with Crippen LogP contribution in [-0.2, 0) is 10.0 Å². The average molecular weight is 416 g/mol. The first-order chi connectivity index (χ1) is 13.2. The molecule has 28 heavy (non-hydrogen) atoms. The van der Waals surface area contributed by atoms with Crippen molar-refractivity contribution in [1.29, 1.82) is 0 Å². The maximum absolute atomic E-state index is 12.8. The second kappa shape index (κ2) is 6.93. The molecule has 146 valence electrons. The Morgan fingerprint density at radius 1 is 1.21 bits per heavy atom. The topological polar surface area (TPSA) is 78.8 Å². The van der Waals surface area contributed by atoms with E-state index in [9.17, 15) is 13.2 Å². The van der Waals surface area contributed by atoms with Gasteiger partial charge in [0.1, 0.15) is 0 Å². The summed E-state index contributed by atoms with van der Waals surface area (Å²) in [5, 5.41) is 3.52. The van der Waals surface area contributed by atoms with E-state index in [0.29, 0.717) is 17.3 Å². The van der Waals surface area contributed by atoms with Gasteiger partial charge >= 0.3 is 0 Å². The number of amides is 1. The van der Waals surface area contributed by atoms with Crippen molar-refractivity contribution in [3.8, 4) is 0 Å². The first-order valence-corrected chi connectivity index (χ1v) is 11.5. The maximum Gasteiger partial charge on any atom is 0.257 e. The lowest BCUT2D eigenvalue weighted by atomic mass is 9.99. The number of fused-ring (bicyclic) bond motifs is 3. The van der Waals surface area contributed by atoms with Gasteiger partial charge in [-0.3, -0.25) is 4.79 Å². The van der Waals surface area contributed by atoms with Gasteiger partial charge in [-0.05, 0) is 61.9 Å². The van der Waals surface area contributed by atoms with E-state index in [-0.39, 0.29) is 17.7 Å². The molecule has 6 nitrogen and oxygen atoms in total. The molecule has 2 aromatic carbocycles. The van der Waals surface area contributed by atoms with Gasteiger partial charge in [-0.15, -0.1) is 4.40 Å². The Balaban J connectivity index is 1.56. The molecule has 0 bridgehead atoms. The summed E-state index contributed by atoms with van der Waals surface area (Å²) in [6, 6.07) is 11.5. The van der Waals surface area contributed by atoms with Crippen LogP contribution in [0.2, 0.25) is 0 Å². The van der Waals surface area contributed by atoms with Crippen LogP contribution in [-0.4, -0.2) is 31.8 Å². The van der Waals surface area contributed by atoms with Crippen molar-refractivity contribution >= 4 is 38.5 Å². The Labute approximate surface area is 169 Å². The van der Waals surface area contributed by atoms with Gasteiger partial charge in [0, 0.05) is 17.0 Å². The van der Waals surface area contributed by atoms with E-state index in [1.54, 1.807) is 12.1 Å². The number of anilines is 1. The van der Waals surface area contributed by atoms with Crippen LogP contribution in [0, 0.1) is 13.8 Å². The van der Waals surface area contributed by atoms with Gasteiger partial charge in [-0.25, -0.2) is 8.42 Å². The van der Waals surface area contributed by atoms with Crippen LogP contribution in [0.15, 0.2) is 45.7 Å². The second-order valence-electron chi connectivity index (χ2n) is 7.15. The Bertz CT molecular complexity index is 1110. The number of carbonyl (C=O) groups excluding carboxylic acids is 1. The summed E-state index contributed by atoms with van der Waals surface area (Å²) in [6.07, 6.45) is 0. The highest BCUT2D eigenvalue weighted by molar-refractivity contribution is 8.15. The first kappa shape index (κ1) is 19.0. The van der Waals surface area contributed by atoms with Crippen molar-refractivity contribution in [3.63, 3.8) is 0 Å². The van der Waals surface area contributed by atoms with Crippen LogP contribution < -0.4 is 10.2 Å². The van der Waals surface area contributed by atoms with Crippen molar-refractivity contribution in [1.82, 2.24) is 5.32 Å². The number of nitrogens with zero attached hydrogens (tertiary/aromatic N) is 2. The van der Waals surface area contributed by atoms with Crippen LogP contribution in [0.1, 0.15) is 40.0 Å². The molecule has 2 aliphatic rings. The van der Waals surface area contributed by atoms with Crippen molar-refractivity contribution in [2.45, 2.75) is 31.7 Å². The van der Waals surface area contributed by atoms with Crippen LogP contribution in [0.3, 0.4) is 0 Å². The first-order valence-electron chi connectivity index (χ1n) is 9.03. The molecule has 4 rings (SSSR count). The van der Waals surface area contributed by atoms with Crippen LogP contribution in [0.5, 0.6) is 0 Å². The molecule has 0 spiro atoms. The number of nitrogens with one attached hydrogen (secondary N) is 1. The number of amidine groups is 1. The molecule has 0 aromatic heterocycles. The van der Waals surface area contributed by atoms with Gasteiger partial charge in [0.15, 0.2) is 5.17 Å². The number of benzene rings is 2. The summed E-state index contributed by atoms with van der Waals surface area (Å²) in [7, 11) is -3.39. The highest BCUT2D eigenvalue weighted by Gasteiger charge is 2.33. The van der Waals surface area contributed by atoms with Gasteiger partial charge in [0.2, 0.25) is 0 Å². The number of carbonyl (C=O) groups is 1. The SMILES string of the molecule is Cc1ccc(C)c(C(C)NC(=O)c2ccc3c(c2)SC2=NS(=O)(=O)CCN23)c1. The van der Waals surface area contributed by atoms with Gasteiger partial charge in [0.25, 0.3) is 15.9 Å². The highest BCUT2D eigenvalue weighted by atomic mass is 32.2. The summed E-state index contributed by atoms with van der Waals surface area (Å²) < 4.78 is 27.3. The van der Waals surface area contributed by atoms with Gasteiger partial charge in [-0.2, -0.15) is 0 Å². The van der Waals surface area contributed by atoms with Crippen LogP contribution in [0.4, 0.5) is 5.69 Å². The zero-order valence-corrected chi connectivity index (χ0v) is 17.5. The number of hydrogen-bond acceptors (Lipinski definition) is 5. The molecule has 2 aliphatic heterocycles. The maximum atomic E-state index is 12.8. The third-order valence-electron chi connectivity index (χ3n) is 4.98. The average Bonchev–Trinajstić information content (AvgIpc) is 2.98. The fraction of sp³-hybridized carbons (Fsp3) is 0.300. The van der Waals surface area contributed by atoms with E-state index in [0.717, 1.165) is 27.3 Å². The van der Waals surface area contributed by atoms with E-state index in [4.69, 9.17) is 0 Å². The largest absolute Gasteiger partial charge is 0.346 e. The number of sulfonamides is 1. The summed E-state index contributed by atoms with van der Waals surface area (Å²) in [6.45, 7) is 6.43. The molecule has 0 aliphatic carbocycles. The Kier molecular flexibility index (Phi) is 4.71. The molecule has 1 unspecified atom stereocenters. The minimum atomic E-state index is -3.39. The predicted octanol–water partition coefficient (Wildman–Crippen LogP) is 3.41. The number of aryl methyl sites for hydroxylation is 2. The molecule has 0 saturated carbocycles. The smallest absolute Gasteiger partial charge is 0.257 e.